The van der Waals surface area contributed by atoms with Crippen molar-refractivity contribution in [3.63, 3.8) is 0 Å². The largest absolute Gasteiger partial charge is 0.464 e. The SMILES string of the molecule is C=CCn1c(-n2nnc(C(=O)OC)c2C(=O)OC)cc(=O)n(C)c1=O. The van der Waals surface area contributed by atoms with E-state index in [0.717, 1.165) is 34.1 Å². The molecule has 2 aromatic rings. The number of ether oxygens (including phenoxy) is 2. The number of esters is 2. The quantitative estimate of drug-likeness (QED) is 0.491. The van der Waals surface area contributed by atoms with E-state index < -0.39 is 28.9 Å². The summed E-state index contributed by atoms with van der Waals surface area (Å²) in [4.78, 5) is 48.2. The molecule has 0 aliphatic heterocycles. The zero-order chi connectivity index (χ0) is 18.7. The third-order valence-corrected chi connectivity index (χ3v) is 3.33. The van der Waals surface area contributed by atoms with Crippen molar-refractivity contribution in [2.45, 2.75) is 6.54 Å². The lowest BCUT2D eigenvalue weighted by molar-refractivity contribution is 0.0545. The average molecular weight is 349 g/mol. The number of carbonyl (C=O) groups excluding carboxylic acids is 2. The first kappa shape index (κ1) is 17.8. The Morgan fingerprint density at radius 2 is 1.88 bits per heavy atom. The van der Waals surface area contributed by atoms with Gasteiger partial charge >= 0.3 is 17.6 Å². The lowest BCUT2D eigenvalue weighted by Gasteiger charge is -2.13. The minimum atomic E-state index is -0.941. The predicted molar refractivity (Wildman–Crippen MR) is 83.7 cm³/mol. The van der Waals surface area contributed by atoms with Crippen LogP contribution in [-0.2, 0) is 23.1 Å². The van der Waals surface area contributed by atoms with Crippen molar-refractivity contribution in [2.24, 2.45) is 7.05 Å². The molecule has 0 radical (unpaired) electrons. The molecule has 0 saturated carbocycles. The van der Waals surface area contributed by atoms with Crippen molar-refractivity contribution in [1.29, 1.82) is 0 Å². The van der Waals surface area contributed by atoms with Crippen LogP contribution in [0.2, 0.25) is 0 Å². The van der Waals surface area contributed by atoms with Crippen LogP contribution in [0.4, 0.5) is 0 Å². The third-order valence-electron chi connectivity index (χ3n) is 3.33. The first-order valence-electron chi connectivity index (χ1n) is 6.91. The molecular formula is C14H15N5O6. The predicted octanol–water partition coefficient (Wildman–Crippen LogP) is -1.11. The zero-order valence-corrected chi connectivity index (χ0v) is 13.8. The number of methoxy groups -OCH3 is 2. The van der Waals surface area contributed by atoms with Gasteiger partial charge in [0.15, 0.2) is 5.69 Å². The standard InChI is InChI=1S/C14H15N5O6/c1-5-6-18-8(7-9(20)17(2)14(18)23)19-11(13(22)25-4)10(15-16-19)12(21)24-3/h5,7H,1,6H2,2-4H3. The van der Waals surface area contributed by atoms with E-state index in [1.807, 2.05) is 0 Å². The monoisotopic (exact) mass is 349 g/mol. The molecule has 0 atom stereocenters. The number of aromatic nitrogens is 5. The second kappa shape index (κ2) is 6.95. The number of nitrogens with zero attached hydrogens (tertiary/aromatic N) is 5. The summed E-state index contributed by atoms with van der Waals surface area (Å²) in [5, 5.41) is 7.30. The van der Waals surface area contributed by atoms with Gasteiger partial charge in [-0.25, -0.2) is 14.4 Å². The van der Waals surface area contributed by atoms with Crippen LogP contribution < -0.4 is 11.2 Å². The Hall–Kier alpha value is -3.50. The molecular weight excluding hydrogens is 334 g/mol. The fourth-order valence-corrected chi connectivity index (χ4v) is 2.09. The van der Waals surface area contributed by atoms with Crippen molar-refractivity contribution in [2.75, 3.05) is 14.2 Å². The molecule has 0 unspecified atom stereocenters. The van der Waals surface area contributed by atoms with E-state index in [9.17, 15) is 19.2 Å². The van der Waals surface area contributed by atoms with Gasteiger partial charge < -0.3 is 9.47 Å². The van der Waals surface area contributed by atoms with Crippen LogP contribution >= 0.6 is 0 Å². The van der Waals surface area contributed by atoms with Gasteiger partial charge in [-0.15, -0.1) is 11.7 Å². The molecule has 11 nitrogen and oxygen atoms in total. The smallest absolute Gasteiger partial charge is 0.361 e. The number of hydrogen-bond donors (Lipinski definition) is 0. The van der Waals surface area contributed by atoms with Gasteiger partial charge in [0.1, 0.15) is 5.82 Å². The molecule has 0 bridgehead atoms. The second-order valence-corrected chi connectivity index (χ2v) is 4.76. The fraction of sp³-hybridized carbons (Fsp3) is 0.286. The molecule has 0 aliphatic rings. The molecule has 25 heavy (non-hydrogen) atoms. The van der Waals surface area contributed by atoms with Crippen molar-refractivity contribution in [1.82, 2.24) is 24.1 Å². The van der Waals surface area contributed by atoms with Crippen molar-refractivity contribution < 1.29 is 19.1 Å². The maximum atomic E-state index is 12.3. The summed E-state index contributed by atoms with van der Waals surface area (Å²) in [6.07, 6.45) is 1.42. The second-order valence-electron chi connectivity index (χ2n) is 4.76. The average Bonchev–Trinajstić information content (AvgIpc) is 3.05. The van der Waals surface area contributed by atoms with Gasteiger partial charge in [-0.2, -0.15) is 4.68 Å². The highest BCUT2D eigenvalue weighted by molar-refractivity contribution is 6.00. The summed E-state index contributed by atoms with van der Waals surface area (Å²) in [6.45, 7) is 3.57. The van der Waals surface area contributed by atoms with E-state index in [4.69, 9.17) is 0 Å². The Balaban J connectivity index is 2.88. The Labute approximate surface area is 140 Å². The van der Waals surface area contributed by atoms with Gasteiger partial charge in [-0.1, -0.05) is 11.3 Å². The Kier molecular flexibility index (Phi) is 4.96. The van der Waals surface area contributed by atoms with Crippen molar-refractivity contribution >= 4 is 11.9 Å². The Bertz CT molecular complexity index is 967. The maximum absolute atomic E-state index is 12.3. The van der Waals surface area contributed by atoms with E-state index in [-0.39, 0.29) is 18.1 Å². The molecule has 0 N–H and O–H groups in total. The van der Waals surface area contributed by atoms with Crippen LogP contribution in [0.5, 0.6) is 0 Å². The van der Waals surface area contributed by atoms with Crippen LogP contribution in [0, 0.1) is 0 Å². The van der Waals surface area contributed by atoms with Crippen LogP contribution in [-0.4, -0.2) is 50.3 Å². The highest BCUT2D eigenvalue weighted by Crippen LogP contribution is 2.13. The van der Waals surface area contributed by atoms with Gasteiger partial charge in [0.25, 0.3) is 5.56 Å². The van der Waals surface area contributed by atoms with E-state index in [1.165, 1.54) is 13.1 Å². The first-order chi connectivity index (χ1) is 11.9. The zero-order valence-electron chi connectivity index (χ0n) is 13.8. The molecule has 0 fully saturated rings. The summed E-state index contributed by atoms with van der Waals surface area (Å²) >= 11 is 0. The van der Waals surface area contributed by atoms with Crippen LogP contribution in [0.25, 0.3) is 5.82 Å². The molecule has 0 saturated heterocycles. The molecule has 0 amide bonds. The van der Waals surface area contributed by atoms with Gasteiger partial charge in [-0.05, 0) is 0 Å². The number of rotatable bonds is 5. The lowest BCUT2D eigenvalue weighted by Crippen LogP contribution is -2.39. The van der Waals surface area contributed by atoms with Gasteiger partial charge in [0.2, 0.25) is 5.69 Å². The number of carbonyl (C=O) groups is 2. The normalized spacial score (nSPS) is 10.4. The Morgan fingerprint density at radius 3 is 2.44 bits per heavy atom. The number of allylic oxidation sites excluding steroid dienone is 1. The molecule has 2 rings (SSSR count). The molecule has 0 aromatic carbocycles. The topological polar surface area (TPSA) is 127 Å². The van der Waals surface area contributed by atoms with Gasteiger partial charge in [0.05, 0.1) is 14.2 Å². The van der Waals surface area contributed by atoms with E-state index >= 15 is 0 Å². The van der Waals surface area contributed by atoms with E-state index in [2.05, 4.69) is 26.4 Å². The summed E-state index contributed by atoms with van der Waals surface area (Å²) < 4.78 is 12.1. The van der Waals surface area contributed by atoms with Gasteiger partial charge in [0, 0.05) is 19.7 Å². The lowest BCUT2D eigenvalue weighted by atomic mass is 10.3. The highest BCUT2D eigenvalue weighted by Gasteiger charge is 2.29. The molecule has 0 spiro atoms. The van der Waals surface area contributed by atoms with Crippen LogP contribution in [0.15, 0.2) is 28.3 Å². The van der Waals surface area contributed by atoms with E-state index in [1.54, 1.807) is 0 Å². The van der Waals surface area contributed by atoms with Crippen LogP contribution in [0.1, 0.15) is 21.0 Å². The fourth-order valence-electron chi connectivity index (χ4n) is 2.09. The summed E-state index contributed by atoms with van der Waals surface area (Å²) in [6, 6.07) is 1.08. The van der Waals surface area contributed by atoms with Gasteiger partial charge in [-0.3, -0.25) is 13.9 Å². The highest BCUT2D eigenvalue weighted by atomic mass is 16.5. The molecule has 11 heteroatoms. The summed E-state index contributed by atoms with van der Waals surface area (Å²) in [7, 11) is 3.51. The maximum Gasteiger partial charge on any atom is 0.361 e. The first-order valence-corrected chi connectivity index (χ1v) is 6.91. The molecule has 2 aromatic heterocycles. The number of hydrogen-bond acceptors (Lipinski definition) is 8. The van der Waals surface area contributed by atoms with E-state index in [0.29, 0.717) is 0 Å². The van der Waals surface area contributed by atoms with Crippen molar-refractivity contribution in [3.05, 3.63) is 50.9 Å². The summed E-state index contributed by atoms with van der Waals surface area (Å²) in [5.74, 6) is -1.94. The summed E-state index contributed by atoms with van der Waals surface area (Å²) in [5.41, 5.74) is -2.08. The minimum absolute atomic E-state index is 0.0241. The molecule has 132 valence electrons. The third kappa shape index (κ3) is 2.98. The molecule has 0 aliphatic carbocycles. The van der Waals surface area contributed by atoms with Crippen LogP contribution in [0.3, 0.4) is 0 Å². The Morgan fingerprint density at radius 1 is 1.24 bits per heavy atom. The van der Waals surface area contributed by atoms with Crippen molar-refractivity contribution in [3.8, 4) is 5.82 Å². The minimum Gasteiger partial charge on any atom is -0.464 e. The molecule has 2 heterocycles.